The van der Waals surface area contributed by atoms with Crippen molar-refractivity contribution < 1.29 is 4.74 Å². The molecule has 25 heavy (non-hydrogen) atoms. The number of unbranched alkanes of at least 4 members (excludes halogenated alkanes) is 1. The maximum atomic E-state index is 5.75. The lowest BCUT2D eigenvalue weighted by Gasteiger charge is -2.22. The molecule has 0 spiro atoms. The molecule has 1 aliphatic carbocycles. The average Bonchev–Trinajstić information content (AvgIpc) is 3.09. The normalized spacial score (nSPS) is 23.6. The van der Waals surface area contributed by atoms with E-state index in [2.05, 4.69) is 39.5 Å². The minimum Gasteiger partial charge on any atom is -0.377 e. The molecule has 2 atom stereocenters. The Morgan fingerprint density at radius 1 is 1.12 bits per heavy atom. The number of rotatable bonds is 7. The average molecular weight is 344 g/mol. The number of fused-ring (bicyclic) bond motifs is 1. The third kappa shape index (κ3) is 5.46. The standard InChI is InChI=1S/C21H33N3O/c1-22-21(24-15-19-11-5-6-12-20(19)16-24)23-13-7-8-14-25-17-18-9-3-2-4-10-18/h2-4,9-10,19-20H,5-8,11-17H2,1H3,(H,22,23). The molecule has 1 aliphatic heterocycles. The largest absolute Gasteiger partial charge is 0.377 e. The molecule has 2 fully saturated rings. The molecular weight excluding hydrogens is 310 g/mol. The first kappa shape index (κ1) is 18.2. The Morgan fingerprint density at radius 3 is 2.52 bits per heavy atom. The summed E-state index contributed by atoms with van der Waals surface area (Å²) in [7, 11) is 1.91. The summed E-state index contributed by atoms with van der Waals surface area (Å²) in [5, 5.41) is 3.55. The number of hydrogen-bond donors (Lipinski definition) is 1. The molecule has 1 heterocycles. The van der Waals surface area contributed by atoms with Crippen molar-refractivity contribution in [1.82, 2.24) is 10.2 Å². The number of guanidine groups is 1. The van der Waals surface area contributed by atoms with E-state index in [-0.39, 0.29) is 0 Å². The van der Waals surface area contributed by atoms with E-state index in [1.54, 1.807) is 0 Å². The van der Waals surface area contributed by atoms with Crippen LogP contribution in [0.2, 0.25) is 0 Å². The first-order valence-electron chi connectivity index (χ1n) is 9.94. The number of aliphatic imine (C=N–C) groups is 1. The summed E-state index contributed by atoms with van der Waals surface area (Å²) in [6.45, 7) is 4.91. The third-order valence-corrected chi connectivity index (χ3v) is 5.60. The van der Waals surface area contributed by atoms with Gasteiger partial charge in [-0.15, -0.1) is 0 Å². The van der Waals surface area contributed by atoms with Gasteiger partial charge in [0.2, 0.25) is 0 Å². The van der Waals surface area contributed by atoms with E-state index < -0.39 is 0 Å². The van der Waals surface area contributed by atoms with E-state index in [4.69, 9.17) is 4.74 Å². The lowest BCUT2D eigenvalue weighted by molar-refractivity contribution is 0.117. The Kier molecular flexibility index (Phi) is 7.16. The summed E-state index contributed by atoms with van der Waals surface area (Å²) >= 11 is 0. The molecule has 1 saturated heterocycles. The SMILES string of the molecule is CN=C(NCCCCOCc1ccccc1)N1CC2CCCCC2C1. The maximum Gasteiger partial charge on any atom is 0.193 e. The van der Waals surface area contributed by atoms with E-state index >= 15 is 0 Å². The van der Waals surface area contributed by atoms with Gasteiger partial charge in [0.05, 0.1) is 6.61 Å². The van der Waals surface area contributed by atoms with E-state index in [1.807, 2.05) is 13.1 Å². The van der Waals surface area contributed by atoms with Gasteiger partial charge in [0.1, 0.15) is 0 Å². The first-order chi connectivity index (χ1) is 12.4. The van der Waals surface area contributed by atoms with Gasteiger partial charge < -0.3 is 15.0 Å². The molecule has 1 N–H and O–H groups in total. The van der Waals surface area contributed by atoms with Crippen molar-refractivity contribution >= 4 is 5.96 Å². The summed E-state index contributed by atoms with van der Waals surface area (Å²) in [5.41, 5.74) is 1.25. The molecule has 0 amide bonds. The van der Waals surface area contributed by atoms with Crippen molar-refractivity contribution in [3.8, 4) is 0 Å². The highest BCUT2D eigenvalue weighted by atomic mass is 16.5. The van der Waals surface area contributed by atoms with Crippen molar-refractivity contribution in [2.45, 2.75) is 45.1 Å². The zero-order valence-electron chi connectivity index (χ0n) is 15.6. The number of nitrogens with one attached hydrogen (secondary N) is 1. The molecule has 4 nitrogen and oxygen atoms in total. The van der Waals surface area contributed by atoms with Gasteiger partial charge in [0, 0.05) is 33.3 Å². The molecule has 4 heteroatoms. The molecule has 0 radical (unpaired) electrons. The Bertz CT molecular complexity index is 517. The highest BCUT2D eigenvalue weighted by molar-refractivity contribution is 5.80. The van der Waals surface area contributed by atoms with E-state index in [0.717, 1.165) is 43.8 Å². The van der Waals surface area contributed by atoms with Crippen molar-refractivity contribution in [3.05, 3.63) is 35.9 Å². The minimum absolute atomic E-state index is 0.715. The summed E-state index contributed by atoms with van der Waals surface area (Å²) in [6, 6.07) is 10.4. The Labute approximate surface area is 152 Å². The molecule has 2 aliphatic rings. The molecule has 3 rings (SSSR count). The van der Waals surface area contributed by atoms with Crippen LogP contribution in [0.15, 0.2) is 35.3 Å². The van der Waals surface area contributed by atoms with Gasteiger partial charge in [-0.05, 0) is 43.1 Å². The lowest BCUT2D eigenvalue weighted by Crippen LogP contribution is -2.40. The van der Waals surface area contributed by atoms with Crippen LogP contribution in [0, 0.1) is 11.8 Å². The molecule has 0 aromatic heterocycles. The summed E-state index contributed by atoms with van der Waals surface area (Å²) < 4.78 is 5.75. The van der Waals surface area contributed by atoms with Crippen molar-refractivity contribution in [3.63, 3.8) is 0 Å². The van der Waals surface area contributed by atoms with Gasteiger partial charge in [0.15, 0.2) is 5.96 Å². The van der Waals surface area contributed by atoms with Crippen LogP contribution in [0.4, 0.5) is 0 Å². The number of likely N-dealkylation sites (tertiary alicyclic amines) is 1. The zero-order chi connectivity index (χ0) is 17.3. The minimum atomic E-state index is 0.715. The summed E-state index contributed by atoms with van der Waals surface area (Å²) in [6.07, 6.45) is 7.87. The van der Waals surface area contributed by atoms with Gasteiger partial charge >= 0.3 is 0 Å². The van der Waals surface area contributed by atoms with Crippen LogP contribution in [0.1, 0.15) is 44.1 Å². The fraction of sp³-hybridized carbons (Fsp3) is 0.667. The molecule has 0 bridgehead atoms. The van der Waals surface area contributed by atoms with E-state index in [9.17, 15) is 0 Å². The molecule has 1 aromatic carbocycles. The Morgan fingerprint density at radius 2 is 1.84 bits per heavy atom. The zero-order valence-corrected chi connectivity index (χ0v) is 15.6. The van der Waals surface area contributed by atoms with Crippen LogP contribution in [0.5, 0.6) is 0 Å². The number of nitrogens with zero attached hydrogens (tertiary/aromatic N) is 2. The molecule has 1 saturated carbocycles. The highest BCUT2D eigenvalue weighted by Crippen LogP contribution is 2.35. The van der Waals surface area contributed by atoms with Crippen LogP contribution in [0.3, 0.4) is 0 Å². The molecule has 2 unspecified atom stereocenters. The van der Waals surface area contributed by atoms with Crippen LogP contribution < -0.4 is 5.32 Å². The van der Waals surface area contributed by atoms with Crippen molar-refractivity contribution in [1.29, 1.82) is 0 Å². The van der Waals surface area contributed by atoms with E-state index in [1.165, 1.54) is 44.3 Å². The van der Waals surface area contributed by atoms with Gasteiger partial charge in [-0.3, -0.25) is 4.99 Å². The molecule has 1 aromatic rings. The Hall–Kier alpha value is -1.55. The second kappa shape index (κ2) is 9.81. The number of hydrogen-bond acceptors (Lipinski definition) is 2. The molecule has 138 valence electrons. The van der Waals surface area contributed by atoms with Gasteiger partial charge in [-0.25, -0.2) is 0 Å². The number of ether oxygens (including phenoxy) is 1. The smallest absolute Gasteiger partial charge is 0.193 e. The van der Waals surface area contributed by atoms with Crippen LogP contribution in [0.25, 0.3) is 0 Å². The van der Waals surface area contributed by atoms with Crippen molar-refractivity contribution in [2.24, 2.45) is 16.8 Å². The summed E-state index contributed by atoms with van der Waals surface area (Å²) in [4.78, 5) is 6.98. The number of benzene rings is 1. The first-order valence-corrected chi connectivity index (χ1v) is 9.94. The lowest BCUT2D eigenvalue weighted by atomic mass is 9.82. The van der Waals surface area contributed by atoms with Crippen LogP contribution in [-0.2, 0) is 11.3 Å². The highest BCUT2D eigenvalue weighted by Gasteiger charge is 2.35. The predicted molar refractivity (Wildman–Crippen MR) is 104 cm³/mol. The fourth-order valence-corrected chi connectivity index (χ4v) is 4.20. The van der Waals surface area contributed by atoms with Crippen LogP contribution in [-0.4, -0.2) is 44.1 Å². The van der Waals surface area contributed by atoms with E-state index in [0.29, 0.717) is 6.61 Å². The monoisotopic (exact) mass is 343 g/mol. The van der Waals surface area contributed by atoms with Gasteiger partial charge in [0.25, 0.3) is 0 Å². The predicted octanol–water partition coefficient (Wildman–Crippen LogP) is 3.68. The third-order valence-electron chi connectivity index (χ3n) is 5.60. The topological polar surface area (TPSA) is 36.9 Å². The maximum absolute atomic E-state index is 5.75. The van der Waals surface area contributed by atoms with Crippen LogP contribution >= 0.6 is 0 Å². The van der Waals surface area contributed by atoms with Gasteiger partial charge in [-0.1, -0.05) is 43.2 Å². The second-order valence-corrected chi connectivity index (χ2v) is 7.43. The van der Waals surface area contributed by atoms with Crippen molar-refractivity contribution in [2.75, 3.05) is 33.3 Å². The fourth-order valence-electron chi connectivity index (χ4n) is 4.20. The Balaban J connectivity index is 1.27. The van der Waals surface area contributed by atoms with Gasteiger partial charge in [-0.2, -0.15) is 0 Å². The second-order valence-electron chi connectivity index (χ2n) is 7.43. The summed E-state index contributed by atoms with van der Waals surface area (Å²) in [5.74, 6) is 2.90. The quantitative estimate of drug-likeness (QED) is 0.466. The molecular formula is C21H33N3O.